The first-order valence-electron chi connectivity index (χ1n) is 5.73. The van der Waals surface area contributed by atoms with E-state index in [1.165, 1.54) is 6.92 Å². The summed E-state index contributed by atoms with van der Waals surface area (Å²) in [5.41, 5.74) is -3.68. The van der Waals surface area contributed by atoms with Gasteiger partial charge in [0.05, 0.1) is 17.7 Å². The number of ether oxygens (including phenoxy) is 1. The number of benzene rings is 1. The van der Waals surface area contributed by atoms with Crippen LogP contribution in [0.3, 0.4) is 0 Å². The number of rotatable bonds is 3. The van der Waals surface area contributed by atoms with Crippen LogP contribution in [0.1, 0.15) is 23.6 Å². The molecule has 1 aromatic rings. The zero-order valence-corrected chi connectivity index (χ0v) is 10.7. The number of hydrogen-bond donors (Lipinski definition) is 1. The van der Waals surface area contributed by atoms with Crippen molar-refractivity contribution >= 4 is 6.09 Å². The molecular formula is C12H11F6NO2. The highest BCUT2D eigenvalue weighted by Gasteiger charge is 2.42. The van der Waals surface area contributed by atoms with Gasteiger partial charge >= 0.3 is 18.4 Å². The fraction of sp³-hybridized carbons (Fsp3) is 0.417. The monoisotopic (exact) mass is 315 g/mol. The van der Waals surface area contributed by atoms with Crippen LogP contribution < -0.4 is 5.32 Å². The van der Waals surface area contributed by atoms with E-state index in [-0.39, 0.29) is 18.7 Å². The van der Waals surface area contributed by atoms with Crippen molar-refractivity contribution in [3.05, 3.63) is 34.9 Å². The Balaban J connectivity index is 3.03. The molecule has 1 aromatic carbocycles. The van der Waals surface area contributed by atoms with Gasteiger partial charge in [0.25, 0.3) is 0 Å². The predicted octanol–water partition coefficient (Wildman–Crippen LogP) is 3.97. The van der Waals surface area contributed by atoms with Gasteiger partial charge in [-0.3, -0.25) is 0 Å². The first kappa shape index (κ1) is 17.1. The maximum absolute atomic E-state index is 12.7. The number of alkyl carbamates (subject to hydrolysis) is 1. The third-order valence-electron chi connectivity index (χ3n) is 2.41. The van der Waals surface area contributed by atoms with Crippen LogP contribution in [0.25, 0.3) is 0 Å². The molecule has 1 N–H and O–H groups in total. The number of carbonyl (C=O) groups is 1. The summed E-state index contributed by atoms with van der Waals surface area (Å²) in [7, 11) is 0. The van der Waals surface area contributed by atoms with E-state index in [0.29, 0.717) is 12.1 Å². The molecule has 0 aromatic heterocycles. The Labute approximate surface area is 115 Å². The normalized spacial score (nSPS) is 12.1. The number of alkyl halides is 6. The van der Waals surface area contributed by atoms with Crippen molar-refractivity contribution < 1.29 is 35.9 Å². The molecule has 0 saturated heterocycles. The van der Waals surface area contributed by atoms with Crippen molar-refractivity contribution in [2.75, 3.05) is 6.61 Å². The lowest BCUT2D eigenvalue weighted by Crippen LogP contribution is -2.24. The Morgan fingerprint density at radius 2 is 1.67 bits per heavy atom. The highest BCUT2D eigenvalue weighted by molar-refractivity contribution is 5.67. The fourth-order valence-electron chi connectivity index (χ4n) is 1.54. The van der Waals surface area contributed by atoms with Crippen molar-refractivity contribution in [1.82, 2.24) is 5.32 Å². The van der Waals surface area contributed by atoms with Gasteiger partial charge in [-0.05, 0) is 24.6 Å². The number of halogens is 6. The van der Waals surface area contributed by atoms with Crippen molar-refractivity contribution in [3.8, 4) is 0 Å². The Kier molecular flexibility index (Phi) is 5.08. The van der Waals surface area contributed by atoms with Gasteiger partial charge in [0.1, 0.15) is 0 Å². The molecule has 0 heterocycles. The lowest BCUT2D eigenvalue weighted by atomic mass is 10.0. The molecule has 0 radical (unpaired) electrons. The molecule has 1 amide bonds. The summed E-state index contributed by atoms with van der Waals surface area (Å²) in [6.07, 6.45) is -11.1. The molecule has 0 bridgehead atoms. The molecule has 0 saturated carbocycles. The average Bonchev–Trinajstić information content (AvgIpc) is 2.34. The summed E-state index contributed by atoms with van der Waals surface area (Å²) in [6.45, 7) is 1.21. The van der Waals surface area contributed by atoms with Gasteiger partial charge in [-0.25, -0.2) is 4.79 Å². The van der Waals surface area contributed by atoms with Crippen molar-refractivity contribution in [2.45, 2.75) is 25.8 Å². The summed E-state index contributed by atoms with van der Waals surface area (Å²) >= 11 is 0. The molecular weight excluding hydrogens is 304 g/mol. The molecule has 0 aliphatic rings. The summed E-state index contributed by atoms with van der Waals surface area (Å²) in [6, 6.07) is 1.56. The van der Waals surface area contributed by atoms with Gasteiger partial charge in [-0.1, -0.05) is 6.07 Å². The first-order chi connectivity index (χ1) is 9.55. The Morgan fingerprint density at radius 3 is 2.14 bits per heavy atom. The number of amides is 1. The molecule has 21 heavy (non-hydrogen) atoms. The third kappa shape index (κ3) is 4.83. The van der Waals surface area contributed by atoms with Crippen LogP contribution in [-0.4, -0.2) is 12.7 Å². The minimum Gasteiger partial charge on any atom is -0.450 e. The topological polar surface area (TPSA) is 38.3 Å². The first-order valence-corrected chi connectivity index (χ1v) is 5.73. The van der Waals surface area contributed by atoms with Gasteiger partial charge < -0.3 is 10.1 Å². The second kappa shape index (κ2) is 6.23. The van der Waals surface area contributed by atoms with Crippen LogP contribution in [0.2, 0.25) is 0 Å². The predicted molar refractivity (Wildman–Crippen MR) is 60.3 cm³/mol. The van der Waals surface area contributed by atoms with Crippen LogP contribution in [0.5, 0.6) is 0 Å². The highest BCUT2D eigenvalue weighted by Crippen LogP contribution is 2.40. The lowest BCUT2D eigenvalue weighted by Gasteiger charge is -2.16. The summed E-state index contributed by atoms with van der Waals surface area (Å²) in [4.78, 5) is 11.0. The number of nitrogens with one attached hydrogen (secondary N) is 1. The van der Waals surface area contributed by atoms with E-state index in [9.17, 15) is 31.1 Å². The smallest absolute Gasteiger partial charge is 0.417 e. The fourth-order valence-corrected chi connectivity index (χ4v) is 1.54. The van der Waals surface area contributed by atoms with Crippen LogP contribution in [0.4, 0.5) is 31.1 Å². The maximum atomic E-state index is 12.7. The highest BCUT2D eigenvalue weighted by atomic mass is 19.4. The Hall–Kier alpha value is -1.93. The standard InChI is InChI=1S/C12H11F6NO2/c1-2-21-10(20)19-6-7-3-4-8(11(13,14)15)9(5-7)12(16,17)18/h3-5H,2,6H2,1H3,(H,19,20). The zero-order valence-electron chi connectivity index (χ0n) is 10.7. The van der Waals surface area contributed by atoms with Gasteiger partial charge in [-0.2, -0.15) is 26.3 Å². The average molecular weight is 315 g/mol. The minimum atomic E-state index is -5.15. The van der Waals surface area contributed by atoms with E-state index < -0.39 is 29.6 Å². The number of hydrogen-bond acceptors (Lipinski definition) is 2. The Morgan fingerprint density at radius 1 is 1.10 bits per heavy atom. The molecule has 1 rings (SSSR count). The molecule has 0 unspecified atom stereocenters. The zero-order chi connectivity index (χ0) is 16.3. The van der Waals surface area contributed by atoms with Crippen LogP contribution in [0.15, 0.2) is 18.2 Å². The van der Waals surface area contributed by atoms with Crippen LogP contribution in [-0.2, 0) is 23.6 Å². The third-order valence-corrected chi connectivity index (χ3v) is 2.41. The summed E-state index contributed by atoms with van der Waals surface area (Å²) in [5, 5.41) is 2.13. The quantitative estimate of drug-likeness (QED) is 0.857. The molecule has 3 nitrogen and oxygen atoms in total. The second-order valence-corrected chi connectivity index (χ2v) is 3.95. The number of carbonyl (C=O) groups excluding carboxylic acids is 1. The minimum absolute atomic E-state index is 0.0621. The summed E-state index contributed by atoms with van der Waals surface area (Å²) < 4.78 is 80.1. The van der Waals surface area contributed by atoms with Crippen LogP contribution >= 0.6 is 0 Å². The largest absolute Gasteiger partial charge is 0.450 e. The SMILES string of the molecule is CCOC(=O)NCc1ccc(C(F)(F)F)c(C(F)(F)F)c1. The van der Waals surface area contributed by atoms with Gasteiger partial charge in [0.2, 0.25) is 0 Å². The maximum Gasteiger partial charge on any atom is 0.417 e. The van der Waals surface area contributed by atoms with Gasteiger partial charge in [0, 0.05) is 6.54 Å². The van der Waals surface area contributed by atoms with Crippen molar-refractivity contribution in [3.63, 3.8) is 0 Å². The van der Waals surface area contributed by atoms with E-state index >= 15 is 0 Å². The van der Waals surface area contributed by atoms with E-state index in [0.717, 1.165) is 6.07 Å². The lowest BCUT2D eigenvalue weighted by molar-refractivity contribution is -0.162. The Bertz CT molecular complexity index is 509. The molecule has 0 aliphatic carbocycles. The molecule has 118 valence electrons. The van der Waals surface area contributed by atoms with E-state index in [1.54, 1.807) is 0 Å². The van der Waals surface area contributed by atoms with Crippen molar-refractivity contribution in [1.29, 1.82) is 0 Å². The van der Waals surface area contributed by atoms with Crippen molar-refractivity contribution in [2.24, 2.45) is 0 Å². The molecule has 0 fully saturated rings. The second-order valence-electron chi connectivity index (χ2n) is 3.95. The summed E-state index contributed by atoms with van der Waals surface area (Å²) in [5.74, 6) is 0. The molecule has 0 atom stereocenters. The molecule has 9 heteroatoms. The molecule has 0 spiro atoms. The van der Waals surface area contributed by atoms with E-state index in [2.05, 4.69) is 10.1 Å². The van der Waals surface area contributed by atoms with E-state index in [1.807, 2.05) is 0 Å². The molecule has 0 aliphatic heterocycles. The van der Waals surface area contributed by atoms with Gasteiger partial charge in [-0.15, -0.1) is 0 Å². The van der Waals surface area contributed by atoms with Crippen LogP contribution in [0, 0.1) is 0 Å². The van der Waals surface area contributed by atoms with E-state index in [4.69, 9.17) is 0 Å². The van der Waals surface area contributed by atoms with Gasteiger partial charge in [0.15, 0.2) is 0 Å².